The molecule has 0 unspecified atom stereocenters. The fourth-order valence-electron chi connectivity index (χ4n) is 5.10. The van der Waals surface area contributed by atoms with Crippen LogP contribution in [0, 0.1) is 11.8 Å². The maximum absolute atomic E-state index is 14.0. The zero-order valence-electron chi connectivity index (χ0n) is 17.9. The zero-order chi connectivity index (χ0) is 22.5. The Bertz CT molecular complexity index is 1280. The third-order valence-electron chi connectivity index (χ3n) is 6.94. The number of nitrogens with one attached hydrogen (secondary N) is 1. The van der Waals surface area contributed by atoms with Gasteiger partial charge in [0, 0.05) is 23.8 Å². The molecule has 2 saturated heterocycles. The Labute approximate surface area is 199 Å². The van der Waals surface area contributed by atoms with Crippen LogP contribution in [0.25, 0.3) is 16.0 Å². The Morgan fingerprint density at radius 1 is 1.21 bits per heavy atom. The van der Waals surface area contributed by atoms with Crippen LogP contribution in [0.3, 0.4) is 0 Å². The van der Waals surface area contributed by atoms with Crippen LogP contribution in [-0.4, -0.2) is 54.4 Å². The smallest absolute Gasteiger partial charge is 0.256 e. The van der Waals surface area contributed by atoms with E-state index in [4.69, 9.17) is 11.6 Å². The van der Waals surface area contributed by atoms with Gasteiger partial charge in [0.2, 0.25) is 0 Å². The number of hydrogen-bond donors (Lipinski definition) is 1. The summed E-state index contributed by atoms with van der Waals surface area (Å²) in [4.78, 5) is 27.4. The first-order chi connectivity index (χ1) is 16.1. The second-order valence-corrected chi connectivity index (χ2v) is 10.1. The molecule has 33 heavy (non-hydrogen) atoms. The minimum atomic E-state index is -0.0300. The van der Waals surface area contributed by atoms with Gasteiger partial charge in [-0.2, -0.15) is 15.0 Å². The van der Waals surface area contributed by atoms with Gasteiger partial charge < -0.3 is 10.2 Å². The van der Waals surface area contributed by atoms with Crippen LogP contribution >= 0.6 is 22.9 Å². The largest absolute Gasteiger partial charge is 0.359 e. The Morgan fingerprint density at radius 3 is 2.82 bits per heavy atom. The highest BCUT2D eigenvalue weighted by atomic mass is 35.5. The first kappa shape index (κ1) is 20.6. The fraction of sp³-hybridized carbons (Fsp3) is 0.348. The van der Waals surface area contributed by atoms with Crippen molar-refractivity contribution in [2.45, 2.75) is 31.8 Å². The number of thiazole rings is 1. The molecule has 1 aliphatic carbocycles. The van der Waals surface area contributed by atoms with E-state index in [1.54, 1.807) is 36.8 Å². The molecule has 0 radical (unpaired) electrons. The molecule has 4 aromatic rings. The van der Waals surface area contributed by atoms with Crippen LogP contribution in [0.1, 0.15) is 30.1 Å². The molecule has 8 nitrogen and oxygen atoms in total. The summed E-state index contributed by atoms with van der Waals surface area (Å²) in [5, 5.41) is 13.3. The summed E-state index contributed by atoms with van der Waals surface area (Å²) in [7, 11) is 0. The molecule has 2 bridgehead atoms. The van der Waals surface area contributed by atoms with Gasteiger partial charge in [0.15, 0.2) is 5.13 Å². The number of aromatic nitrogens is 5. The molecule has 1 saturated carbocycles. The predicted octanol–water partition coefficient (Wildman–Crippen LogP) is 4.28. The monoisotopic (exact) mass is 479 g/mol. The maximum atomic E-state index is 14.0. The van der Waals surface area contributed by atoms with E-state index in [1.165, 1.54) is 16.1 Å². The van der Waals surface area contributed by atoms with Gasteiger partial charge >= 0.3 is 0 Å². The average Bonchev–Trinajstić information content (AvgIpc) is 3.46. The Balaban J connectivity index is 1.31. The van der Waals surface area contributed by atoms with Gasteiger partial charge in [0.05, 0.1) is 29.7 Å². The van der Waals surface area contributed by atoms with Gasteiger partial charge in [-0.25, -0.2) is 9.97 Å². The number of anilines is 1. The molecule has 0 spiro atoms. The first-order valence-corrected chi connectivity index (χ1v) is 12.2. The van der Waals surface area contributed by atoms with E-state index in [1.807, 2.05) is 12.1 Å². The lowest BCUT2D eigenvalue weighted by Crippen LogP contribution is -2.64. The summed E-state index contributed by atoms with van der Waals surface area (Å²) in [6, 6.07) is 9.42. The quantitative estimate of drug-likeness (QED) is 0.459. The summed E-state index contributed by atoms with van der Waals surface area (Å²) in [5.74, 6) is 0.997. The maximum Gasteiger partial charge on any atom is 0.256 e. The second kappa shape index (κ2) is 8.07. The van der Waals surface area contributed by atoms with E-state index >= 15 is 0 Å². The minimum absolute atomic E-state index is 0.0300. The van der Waals surface area contributed by atoms with E-state index in [0.717, 1.165) is 28.3 Å². The van der Waals surface area contributed by atoms with Crippen molar-refractivity contribution in [2.24, 2.45) is 11.8 Å². The van der Waals surface area contributed by atoms with Crippen molar-refractivity contribution >= 4 is 44.3 Å². The van der Waals surface area contributed by atoms with Crippen LogP contribution in [0.2, 0.25) is 5.02 Å². The molecular weight excluding hydrogens is 458 g/mol. The van der Waals surface area contributed by atoms with Gasteiger partial charge in [-0.1, -0.05) is 29.9 Å². The second-order valence-electron chi connectivity index (χ2n) is 8.73. The number of carbonyl (C=O) groups excluding carboxylic acids is 1. The van der Waals surface area contributed by atoms with E-state index in [0.29, 0.717) is 34.7 Å². The lowest BCUT2D eigenvalue weighted by Gasteiger charge is -2.57. The SMILES string of the molecule is C[C@H]1C2CC(C2)N(C(=O)c2cc(Cl)ccc2-n2nccn2)[C@H]1CNc1nc2cccnc2s1. The number of piperidine rings is 2. The number of fused-ring (bicyclic) bond motifs is 3. The molecule has 1 aromatic carbocycles. The summed E-state index contributed by atoms with van der Waals surface area (Å²) in [6.07, 6.45) is 7.07. The molecule has 10 heteroatoms. The number of rotatable bonds is 5. The molecule has 2 aliphatic heterocycles. The Kier molecular flexibility index (Phi) is 5.03. The van der Waals surface area contributed by atoms with E-state index in [2.05, 4.69) is 37.3 Å². The Morgan fingerprint density at radius 2 is 2.03 bits per heavy atom. The number of hydrogen-bond acceptors (Lipinski definition) is 7. The molecule has 5 heterocycles. The number of carbonyl (C=O) groups is 1. The van der Waals surface area contributed by atoms with Crippen LogP contribution in [-0.2, 0) is 0 Å². The van der Waals surface area contributed by atoms with E-state index in [-0.39, 0.29) is 18.0 Å². The summed E-state index contributed by atoms with van der Waals surface area (Å²) in [6.45, 7) is 2.89. The van der Waals surface area contributed by atoms with Gasteiger partial charge in [-0.15, -0.1) is 0 Å². The molecule has 2 atom stereocenters. The molecule has 1 N–H and O–H groups in total. The molecule has 168 valence electrons. The van der Waals surface area contributed by atoms with Crippen LogP contribution < -0.4 is 5.32 Å². The third kappa shape index (κ3) is 3.55. The molecule has 3 aromatic heterocycles. The van der Waals surface area contributed by atoms with Crippen molar-refractivity contribution in [3.63, 3.8) is 0 Å². The molecular formula is C23H22ClN7OS. The third-order valence-corrected chi connectivity index (χ3v) is 8.11. The highest BCUT2D eigenvalue weighted by Crippen LogP contribution is 2.47. The van der Waals surface area contributed by atoms with Gasteiger partial charge in [0.25, 0.3) is 5.91 Å². The summed E-state index contributed by atoms with van der Waals surface area (Å²) < 4.78 is 0. The highest BCUT2D eigenvalue weighted by Gasteiger charge is 2.50. The normalized spacial score (nSPS) is 24.0. The standard InChI is InChI=1S/C23H22ClN7OS/c1-13-14-9-16(10-14)30(20(13)12-26-23-29-18-3-2-6-25-21(18)33-23)22(32)17-11-15(24)4-5-19(17)31-27-7-8-28-31/h2-8,11,13-14,16,20H,9-10,12H2,1H3,(H,26,29)/t13-,14?,16?,20-/m0/s1. The Hall–Kier alpha value is -3.04. The van der Waals surface area contributed by atoms with Gasteiger partial charge in [0.1, 0.15) is 10.3 Å². The predicted molar refractivity (Wildman–Crippen MR) is 128 cm³/mol. The number of benzene rings is 1. The van der Waals surface area contributed by atoms with Crippen molar-refractivity contribution in [3.05, 3.63) is 59.5 Å². The first-order valence-electron chi connectivity index (χ1n) is 11.0. The van der Waals surface area contributed by atoms with E-state index < -0.39 is 0 Å². The molecule has 3 aliphatic rings. The fourth-order valence-corrected chi connectivity index (χ4v) is 6.08. The summed E-state index contributed by atoms with van der Waals surface area (Å²) >= 11 is 7.84. The summed E-state index contributed by atoms with van der Waals surface area (Å²) in [5.41, 5.74) is 2.03. The minimum Gasteiger partial charge on any atom is -0.359 e. The molecule has 7 rings (SSSR count). The van der Waals surface area contributed by atoms with Crippen LogP contribution in [0.5, 0.6) is 0 Å². The van der Waals surface area contributed by atoms with E-state index in [9.17, 15) is 4.79 Å². The van der Waals surface area contributed by atoms with Gasteiger partial charge in [-0.3, -0.25) is 4.79 Å². The number of halogens is 1. The number of pyridine rings is 1. The van der Waals surface area contributed by atoms with Crippen molar-refractivity contribution < 1.29 is 4.79 Å². The topological polar surface area (TPSA) is 88.8 Å². The molecule has 1 amide bonds. The molecule has 3 fully saturated rings. The van der Waals surface area contributed by atoms with Crippen molar-refractivity contribution in [1.29, 1.82) is 0 Å². The van der Waals surface area contributed by atoms with Crippen molar-refractivity contribution in [1.82, 2.24) is 29.9 Å². The zero-order valence-corrected chi connectivity index (χ0v) is 19.5. The van der Waals surface area contributed by atoms with Crippen LogP contribution in [0.15, 0.2) is 48.9 Å². The highest BCUT2D eigenvalue weighted by molar-refractivity contribution is 7.21. The van der Waals surface area contributed by atoms with Crippen LogP contribution in [0.4, 0.5) is 5.13 Å². The lowest BCUT2D eigenvalue weighted by atomic mass is 9.64. The lowest BCUT2D eigenvalue weighted by molar-refractivity contribution is -0.0502. The average molecular weight is 480 g/mol. The number of amides is 1. The number of nitrogens with zero attached hydrogens (tertiary/aromatic N) is 6. The van der Waals surface area contributed by atoms with Gasteiger partial charge in [-0.05, 0) is 55.0 Å². The van der Waals surface area contributed by atoms with Crippen molar-refractivity contribution in [3.8, 4) is 5.69 Å². The van der Waals surface area contributed by atoms with Crippen molar-refractivity contribution in [2.75, 3.05) is 11.9 Å².